The summed E-state index contributed by atoms with van der Waals surface area (Å²) in [5.41, 5.74) is -0.109. The van der Waals surface area contributed by atoms with Crippen LogP contribution in [0.5, 0.6) is 0 Å². The zero-order chi connectivity index (χ0) is 11.8. The molecule has 1 aromatic rings. The second kappa shape index (κ2) is 3.99. The highest BCUT2D eigenvalue weighted by molar-refractivity contribution is 7.67. The highest BCUT2D eigenvalue weighted by Gasteiger charge is 2.41. The summed E-state index contributed by atoms with van der Waals surface area (Å²) < 4.78 is 18.4. The first-order chi connectivity index (χ1) is 7.44. The van der Waals surface area contributed by atoms with Gasteiger partial charge in [0.25, 0.3) is 0 Å². The average molecular weight is 239 g/mol. The normalized spacial score (nSPS) is 33.6. The van der Waals surface area contributed by atoms with Gasteiger partial charge in [-0.15, -0.1) is 0 Å². The Bertz CT molecular complexity index is 416. The summed E-state index contributed by atoms with van der Waals surface area (Å²) in [7, 11) is -2.75. The van der Waals surface area contributed by atoms with Gasteiger partial charge < -0.3 is 4.52 Å². The van der Waals surface area contributed by atoms with Gasteiger partial charge >= 0.3 is 0 Å². The van der Waals surface area contributed by atoms with E-state index >= 15 is 0 Å². The maximum absolute atomic E-state index is 12.8. The quantitative estimate of drug-likeness (QED) is 0.764. The second-order valence-corrected chi connectivity index (χ2v) is 7.65. The fourth-order valence-electron chi connectivity index (χ4n) is 2.00. The van der Waals surface area contributed by atoms with Crippen LogP contribution in [0.15, 0.2) is 30.3 Å². The van der Waals surface area contributed by atoms with E-state index in [0.717, 1.165) is 5.30 Å². The van der Waals surface area contributed by atoms with Crippen molar-refractivity contribution in [2.24, 2.45) is 0 Å². The van der Waals surface area contributed by atoms with Gasteiger partial charge in [0, 0.05) is 10.8 Å². The van der Waals surface area contributed by atoms with Crippen molar-refractivity contribution in [2.75, 3.05) is 6.61 Å². The Morgan fingerprint density at radius 2 is 2.00 bits per heavy atom. The van der Waals surface area contributed by atoms with Crippen LogP contribution < -0.4 is 10.6 Å². The Morgan fingerprint density at radius 3 is 2.56 bits per heavy atom. The molecule has 1 aliphatic heterocycles. The lowest BCUT2D eigenvalue weighted by molar-refractivity contribution is 0.174. The summed E-state index contributed by atoms with van der Waals surface area (Å²) in [4.78, 5) is 0. The van der Waals surface area contributed by atoms with Gasteiger partial charge in [-0.25, -0.2) is 0 Å². The molecule has 2 atom stereocenters. The molecule has 3 nitrogen and oxygen atoms in total. The molecule has 16 heavy (non-hydrogen) atoms. The summed E-state index contributed by atoms with van der Waals surface area (Å²) in [5, 5.41) is 4.15. The average Bonchev–Trinajstić information content (AvgIpc) is 2.25. The summed E-state index contributed by atoms with van der Waals surface area (Å²) >= 11 is 0. The third-order valence-corrected chi connectivity index (χ3v) is 5.52. The van der Waals surface area contributed by atoms with Crippen LogP contribution in [0, 0.1) is 0 Å². The molecule has 1 aromatic carbocycles. The molecule has 0 amide bonds. The van der Waals surface area contributed by atoms with E-state index in [0.29, 0.717) is 6.61 Å². The van der Waals surface area contributed by atoms with Crippen LogP contribution in [0.2, 0.25) is 0 Å². The summed E-state index contributed by atoms with van der Waals surface area (Å²) in [6.07, 6.45) is 0. The minimum atomic E-state index is -2.75. The Morgan fingerprint density at radius 1 is 1.38 bits per heavy atom. The SMILES string of the molecule is C[C@@H]1NC(C)(C)COP1(=O)c1ccccc1. The molecule has 0 radical (unpaired) electrons. The van der Waals surface area contributed by atoms with Crippen molar-refractivity contribution in [2.45, 2.75) is 32.1 Å². The van der Waals surface area contributed by atoms with Gasteiger partial charge in [-0.2, -0.15) is 0 Å². The number of hydrogen-bond acceptors (Lipinski definition) is 3. The van der Waals surface area contributed by atoms with Gasteiger partial charge in [0.2, 0.25) is 7.37 Å². The summed E-state index contributed by atoms with van der Waals surface area (Å²) in [6.45, 7) is 6.51. The number of nitrogens with one attached hydrogen (secondary N) is 1. The highest BCUT2D eigenvalue weighted by atomic mass is 31.2. The van der Waals surface area contributed by atoms with Gasteiger partial charge in [0.05, 0.1) is 12.4 Å². The van der Waals surface area contributed by atoms with E-state index in [9.17, 15) is 4.57 Å². The molecule has 1 N–H and O–H groups in total. The number of benzene rings is 1. The molecule has 0 aliphatic carbocycles. The predicted octanol–water partition coefficient (Wildman–Crippen LogP) is 2.33. The monoisotopic (exact) mass is 239 g/mol. The van der Waals surface area contributed by atoms with E-state index in [-0.39, 0.29) is 11.3 Å². The van der Waals surface area contributed by atoms with Crippen LogP contribution in [-0.4, -0.2) is 17.9 Å². The first kappa shape index (κ1) is 11.8. The molecule has 1 heterocycles. The molecule has 0 aromatic heterocycles. The summed E-state index contributed by atoms with van der Waals surface area (Å²) in [5.74, 6) is -0.140. The van der Waals surface area contributed by atoms with E-state index in [4.69, 9.17) is 4.52 Å². The molecule has 1 unspecified atom stereocenters. The molecule has 1 fully saturated rings. The maximum atomic E-state index is 12.8. The van der Waals surface area contributed by atoms with Crippen molar-refractivity contribution < 1.29 is 9.09 Å². The fraction of sp³-hybridized carbons (Fsp3) is 0.500. The number of hydrogen-bond donors (Lipinski definition) is 1. The predicted molar refractivity (Wildman–Crippen MR) is 66.3 cm³/mol. The molecule has 0 bridgehead atoms. The van der Waals surface area contributed by atoms with Crippen molar-refractivity contribution in [3.63, 3.8) is 0 Å². The second-order valence-electron chi connectivity index (χ2n) is 4.91. The molecule has 1 saturated heterocycles. The Balaban J connectivity index is 2.31. The van der Waals surface area contributed by atoms with Crippen molar-refractivity contribution in [1.29, 1.82) is 0 Å². The standard InChI is InChI=1S/C12H18NO2P/c1-10-13-12(2,3)9-15-16(10,14)11-7-5-4-6-8-11/h4-8,10,13H,9H2,1-3H3/t10-,16?/m1/s1. The molecule has 2 rings (SSSR count). The first-order valence-corrected chi connectivity index (χ1v) is 7.21. The van der Waals surface area contributed by atoms with E-state index in [1.54, 1.807) is 0 Å². The number of rotatable bonds is 1. The van der Waals surface area contributed by atoms with Gasteiger partial charge in [-0.05, 0) is 32.9 Å². The molecule has 88 valence electrons. The lowest BCUT2D eigenvalue weighted by Gasteiger charge is -2.40. The van der Waals surface area contributed by atoms with Gasteiger partial charge in [0.15, 0.2) is 0 Å². The largest absolute Gasteiger partial charge is 0.322 e. The van der Waals surface area contributed by atoms with Crippen LogP contribution >= 0.6 is 7.37 Å². The zero-order valence-corrected chi connectivity index (χ0v) is 10.8. The Kier molecular flexibility index (Phi) is 2.95. The van der Waals surface area contributed by atoms with Gasteiger partial charge in [-0.1, -0.05) is 18.2 Å². The van der Waals surface area contributed by atoms with Crippen LogP contribution in [-0.2, 0) is 9.09 Å². The van der Waals surface area contributed by atoms with Crippen LogP contribution in [0.3, 0.4) is 0 Å². The minimum absolute atomic E-state index is 0.109. The van der Waals surface area contributed by atoms with E-state index < -0.39 is 7.37 Å². The first-order valence-electron chi connectivity index (χ1n) is 5.52. The van der Waals surface area contributed by atoms with Crippen molar-refractivity contribution >= 4 is 12.7 Å². The fourth-order valence-corrected chi connectivity index (χ4v) is 4.44. The van der Waals surface area contributed by atoms with Crippen molar-refractivity contribution in [3.8, 4) is 0 Å². The highest BCUT2D eigenvalue weighted by Crippen LogP contribution is 2.52. The minimum Gasteiger partial charge on any atom is -0.322 e. The van der Waals surface area contributed by atoms with Crippen LogP contribution in [0.4, 0.5) is 0 Å². The summed E-state index contributed by atoms with van der Waals surface area (Å²) in [6, 6.07) is 9.45. The molecular weight excluding hydrogens is 221 g/mol. The molecule has 1 aliphatic rings. The smallest absolute Gasteiger partial charge is 0.248 e. The van der Waals surface area contributed by atoms with Crippen molar-refractivity contribution in [1.82, 2.24) is 5.32 Å². The molecular formula is C12H18NO2P. The Hall–Kier alpha value is -0.630. The zero-order valence-electron chi connectivity index (χ0n) is 9.93. The van der Waals surface area contributed by atoms with Gasteiger partial charge in [-0.3, -0.25) is 9.88 Å². The maximum Gasteiger partial charge on any atom is 0.248 e. The van der Waals surface area contributed by atoms with Crippen LogP contribution in [0.25, 0.3) is 0 Å². The molecule has 4 heteroatoms. The van der Waals surface area contributed by atoms with E-state index in [1.165, 1.54) is 0 Å². The van der Waals surface area contributed by atoms with E-state index in [2.05, 4.69) is 19.2 Å². The lowest BCUT2D eigenvalue weighted by atomic mass is 10.1. The molecule has 0 saturated carbocycles. The Labute approximate surface area is 96.7 Å². The third kappa shape index (κ3) is 2.08. The molecule has 0 spiro atoms. The van der Waals surface area contributed by atoms with Gasteiger partial charge in [0.1, 0.15) is 0 Å². The third-order valence-electron chi connectivity index (χ3n) is 2.84. The van der Waals surface area contributed by atoms with E-state index in [1.807, 2.05) is 37.3 Å². The lowest BCUT2D eigenvalue weighted by Crippen LogP contribution is -2.53. The van der Waals surface area contributed by atoms with Crippen LogP contribution in [0.1, 0.15) is 20.8 Å². The topological polar surface area (TPSA) is 38.3 Å². The van der Waals surface area contributed by atoms with Crippen molar-refractivity contribution in [3.05, 3.63) is 30.3 Å².